The quantitative estimate of drug-likeness (QED) is 0.689. The second-order valence-electron chi connectivity index (χ2n) is 5.99. The number of carbonyl (C=O) groups is 1. The lowest BCUT2D eigenvalue weighted by molar-refractivity contribution is -0.116. The van der Waals surface area contributed by atoms with Crippen molar-refractivity contribution in [3.63, 3.8) is 0 Å². The van der Waals surface area contributed by atoms with Crippen molar-refractivity contribution in [1.82, 2.24) is 14.8 Å². The second-order valence-corrected chi connectivity index (χ2v) is 5.99. The zero-order valence-corrected chi connectivity index (χ0v) is 16.1. The van der Waals surface area contributed by atoms with Crippen LogP contribution in [-0.2, 0) is 4.79 Å². The van der Waals surface area contributed by atoms with E-state index in [2.05, 4.69) is 24.1 Å². The number of hydrogen-bond donors (Lipinski definition) is 1. The summed E-state index contributed by atoms with van der Waals surface area (Å²) in [7, 11) is 1.60. The third kappa shape index (κ3) is 5.82. The Kier molecular flexibility index (Phi) is 7.82. The van der Waals surface area contributed by atoms with Gasteiger partial charge in [0.25, 0.3) is 11.5 Å². The summed E-state index contributed by atoms with van der Waals surface area (Å²) >= 11 is 0. The Morgan fingerprint density at radius 2 is 1.85 bits per heavy atom. The van der Waals surface area contributed by atoms with Crippen LogP contribution in [0, 0.1) is 0 Å². The van der Waals surface area contributed by atoms with Crippen LogP contribution in [0.3, 0.4) is 0 Å². The first-order valence-corrected chi connectivity index (χ1v) is 9.13. The van der Waals surface area contributed by atoms with Crippen LogP contribution in [0.15, 0.2) is 53.5 Å². The lowest BCUT2D eigenvalue weighted by atomic mass is 10.1. The molecule has 0 aliphatic rings. The highest BCUT2D eigenvalue weighted by molar-refractivity contribution is 6.18. The molecule has 0 aliphatic carbocycles. The van der Waals surface area contributed by atoms with Crippen molar-refractivity contribution in [2.75, 3.05) is 33.3 Å². The van der Waals surface area contributed by atoms with E-state index in [1.54, 1.807) is 31.5 Å². The summed E-state index contributed by atoms with van der Waals surface area (Å²) in [5, 5.41) is 2.92. The van der Waals surface area contributed by atoms with Crippen molar-refractivity contribution in [2.24, 2.45) is 0 Å². The zero-order valence-electron chi connectivity index (χ0n) is 16.1. The highest BCUT2D eigenvalue weighted by Gasteiger charge is 2.13. The number of amides is 1. The summed E-state index contributed by atoms with van der Waals surface area (Å²) in [4.78, 5) is 27.3. The number of likely N-dealkylation sites (N-methyl/N-ethyl adjacent to an activating group) is 1. The summed E-state index contributed by atoms with van der Waals surface area (Å²) in [5.41, 5.74) is 0.835. The topological polar surface area (TPSA) is 63.6 Å². The number of hydrogen-bond acceptors (Lipinski definition) is 4. The Hall–Kier alpha value is -2.86. The highest BCUT2D eigenvalue weighted by Crippen LogP contribution is 2.15. The fourth-order valence-electron chi connectivity index (χ4n) is 2.69. The van der Waals surface area contributed by atoms with Crippen LogP contribution < -0.4 is 15.6 Å². The van der Waals surface area contributed by atoms with E-state index < -0.39 is 0 Å². The molecule has 0 unspecified atom stereocenters. The predicted octanol–water partition coefficient (Wildman–Crippen LogP) is 2.31. The number of aromatic nitrogens is 1. The van der Waals surface area contributed by atoms with E-state index in [0.29, 0.717) is 6.54 Å². The third-order valence-corrected chi connectivity index (χ3v) is 4.34. The van der Waals surface area contributed by atoms with Crippen LogP contribution in [0.5, 0.6) is 5.75 Å². The molecule has 0 aliphatic heterocycles. The molecule has 1 aromatic carbocycles. The Morgan fingerprint density at radius 1 is 1.15 bits per heavy atom. The number of pyridine rings is 1. The Labute approximate surface area is 160 Å². The molecular weight excluding hydrogens is 342 g/mol. The van der Waals surface area contributed by atoms with E-state index in [1.807, 2.05) is 24.3 Å². The molecule has 1 N–H and O–H groups in total. The average molecular weight is 369 g/mol. The van der Waals surface area contributed by atoms with Crippen molar-refractivity contribution >= 4 is 17.7 Å². The van der Waals surface area contributed by atoms with E-state index >= 15 is 0 Å². The minimum Gasteiger partial charge on any atom is -0.497 e. The monoisotopic (exact) mass is 369 g/mol. The average Bonchev–Trinajstić information content (AvgIpc) is 2.70. The first-order chi connectivity index (χ1) is 13.1. The zero-order chi connectivity index (χ0) is 19.6. The van der Waals surface area contributed by atoms with Gasteiger partial charge in [-0.05, 0) is 42.9 Å². The number of benzene rings is 1. The van der Waals surface area contributed by atoms with Gasteiger partial charge in [-0.15, -0.1) is 0 Å². The minimum atomic E-state index is -0.286. The van der Waals surface area contributed by atoms with Gasteiger partial charge in [-0.3, -0.25) is 14.2 Å². The number of nitrogens with one attached hydrogen (secondary N) is 1. The molecule has 6 heteroatoms. The van der Waals surface area contributed by atoms with Crippen molar-refractivity contribution in [3.05, 3.63) is 64.6 Å². The smallest absolute Gasteiger partial charge is 0.268 e. The fourth-order valence-corrected chi connectivity index (χ4v) is 2.69. The van der Waals surface area contributed by atoms with Crippen LogP contribution in [0.25, 0.3) is 11.8 Å². The molecule has 0 bridgehead atoms. The van der Waals surface area contributed by atoms with Crippen molar-refractivity contribution in [2.45, 2.75) is 13.8 Å². The fraction of sp³-hybridized carbons (Fsp3) is 0.333. The van der Waals surface area contributed by atoms with Gasteiger partial charge in [0.1, 0.15) is 11.4 Å². The van der Waals surface area contributed by atoms with Gasteiger partial charge in [0.15, 0.2) is 0 Å². The molecule has 1 amide bonds. The SMILES string of the molecule is CCN(CC)CCNC(=O)/C(=C\c1ccc(OC)cc1)n1ccccc1=O. The molecule has 0 radical (unpaired) electrons. The first kappa shape index (κ1) is 20.5. The van der Waals surface area contributed by atoms with Crippen LogP contribution in [0.4, 0.5) is 0 Å². The minimum absolute atomic E-state index is 0.254. The van der Waals surface area contributed by atoms with Gasteiger partial charge in [0.2, 0.25) is 0 Å². The van der Waals surface area contributed by atoms with Crippen LogP contribution in [-0.4, -0.2) is 48.7 Å². The highest BCUT2D eigenvalue weighted by atomic mass is 16.5. The molecule has 144 valence electrons. The number of ether oxygens (including phenoxy) is 1. The Bertz CT molecular complexity index is 821. The van der Waals surface area contributed by atoms with Gasteiger partial charge in [-0.25, -0.2) is 0 Å². The normalized spacial score (nSPS) is 11.5. The Morgan fingerprint density at radius 3 is 2.44 bits per heavy atom. The van der Waals surface area contributed by atoms with Gasteiger partial charge in [-0.1, -0.05) is 32.0 Å². The van der Waals surface area contributed by atoms with Gasteiger partial charge in [0, 0.05) is 25.4 Å². The van der Waals surface area contributed by atoms with E-state index in [-0.39, 0.29) is 17.2 Å². The van der Waals surface area contributed by atoms with Crippen molar-refractivity contribution in [1.29, 1.82) is 0 Å². The number of rotatable bonds is 9. The molecule has 1 aromatic heterocycles. The second kappa shape index (κ2) is 10.3. The van der Waals surface area contributed by atoms with Gasteiger partial charge in [-0.2, -0.15) is 0 Å². The predicted molar refractivity (Wildman–Crippen MR) is 109 cm³/mol. The maximum atomic E-state index is 12.8. The molecule has 2 rings (SSSR count). The van der Waals surface area contributed by atoms with E-state index in [0.717, 1.165) is 30.9 Å². The molecule has 1 heterocycles. The van der Waals surface area contributed by atoms with Crippen molar-refractivity contribution < 1.29 is 9.53 Å². The maximum Gasteiger partial charge on any atom is 0.268 e. The first-order valence-electron chi connectivity index (χ1n) is 9.13. The van der Waals surface area contributed by atoms with E-state index in [9.17, 15) is 9.59 Å². The third-order valence-electron chi connectivity index (χ3n) is 4.34. The molecule has 0 spiro atoms. The van der Waals surface area contributed by atoms with E-state index in [4.69, 9.17) is 4.74 Å². The lowest BCUT2D eigenvalue weighted by Crippen LogP contribution is -2.37. The molecule has 0 atom stereocenters. The number of methoxy groups -OCH3 is 1. The van der Waals surface area contributed by atoms with Crippen molar-refractivity contribution in [3.8, 4) is 5.75 Å². The number of nitrogens with zero attached hydrogens (tertiary/aromatic N) is 2. The van der Waals surface area contributed by atoms with E-state index in [1.165, 1.54) is 10.6 Å². The van der Waals surface area contributed by atoms with Gasteiger partial charge >= 0.3 is 0 Å². The largest absolute Gasteiger partial charge is 0.497 e. The van der Waals surface area contributed by atoms with Crippen LogP contribution in [0.1, 0.15) is 19.4 Å². The van der Waals surface area contributed by atoms with Gasteiger partial charge < -0.3 is 15.0 Å². The molecule has 27 heavy (non-hydrogen) atoms. The van der Waals surface area contributed by atoms with Crippen LogP contribution in [0.2, 0.25) is 0 Å². The lowest BCUT2D eigenvalue weighted by Gasteiger charge is -2.18. The molecular formula is C21H27N3O3. The molecule has 6 nitrogen and oxygen atoms in total. The summed E-state index contributed by atoms with van der Waals surface area (Å²) < 4.78 is 6.52. The van der Waals surface area contributed by atoms with Gasteiger partial charge in [0.05, 0.1) is 7.11 Å². The molecule has 0 saturated carbocycles. The van der Waals surface area contributed by atoms with Crippen LogP contribution >= 0.6 is 0 Å². The molecule has 0 saturated heterocycles. The summed E-state index contributed by atoms with van der Waals surface area (Å²) in [6, 6.07) is 12.1. The maximum absolute atomic E-state index is 12.8. The Balaban J connectivity index is 2.27. The molecule has 0 fully saturated rings. The summed E-state index contributed by atoms with van der Waals surface area (Å²) in [5.74, 6) is 0.445. The summed E-state index contributed by atoms with van der Waals surface area (Å²) in [6.45, 7) is 7.31. The molecule has 2 aromatic rings. The standard InChI is InChI=1S/C21H27N3O3/c1-4-23(5-2)15-13-22-21(26)19(24-14-7-6-8-20(24)25)16-17-9-11-18(27-3)12-10-17/h6-12,14,16H,4-5,13,15H2,1-3H3,(H,22,26)/b19-16+. The summed E-state index contributed by atoms with van der Waals surface area (Å²) in [6.07, 6.45) is 3.30. The number of carbonyl (C=O) groups excluding carboxylic acids is 1.